The first kappa shape index (κ1) is 16.0. The van der Waals surface area contributed by atoms with Gasteiger partial charge in [0.05, 0.1) is 27.7 Å². The zero-order valence-electron chi connectivity index (χ0n) is 13.0. The highest BCUT2D eigenvalue weighted by molar-refractivity contribution is 7.89. The van der Waals surface area contributed by atoms with E-state index in [9.17, 15) is 8.42 Å². The van der Waals surface area contributed by atoms with Crippen LogP contribution in [0.25, 0.3) is 22.3 Å². The normalized spacial score (nSPS) is 12.0. The average Bonchev–Trinajstić information content (AvgIpc) is 2.78. The number of hydrogen-bond acceptors (Lipinski definition) is 4. The summed E-state index contributed by atoms with van der Waals surface area (Å²) < 4.78 is 22.9. The molecule has 0 atom stereocenters. The van der Waals surface area contributed by atoms with E-state index < -0.39 is 9.84 Å². The molecule has 0 aliphatic heterocycles. The molecule has 5 nitrogen and oxygen atoms in total. The summed E-state index contributed by atoms with van der Waals surface area (Å²) in [6.45, 7) is 3.81. The summed E-state index contributed by atoms with van der Waals surface area (Å²) >= 11 is 6.24. The van der Waals surface area contributed by atoms with Gasteiger partial charge in [-0.05, 0) is 43.2 Å². The first-order chi connectivity index (χ1) is 10.7. The van der Waals surface area contributed by atoms with E-state index >= 15 is 0 Å². The molecule has 3 rings (SSSR count). The molecule has 0 saturated carbocycles. The van der Waals surface area contributed by atoms with Gasteiger partial charge < -0.3 is 0 Å². The molecular weight excluding hydrogens is 334 g/mol. The molecule has 0 radical (unpaired) electrons. The Bertz CT molecular complexity index is 1010. The molecule has 0 aliphatic rings. The van der Waals surface area contributed by atoms with Gasteiger partial charge >= 0.3 is 0 Å². The maximum Gasteiger partial charge on any atom is 0.151 e. The zero-order valence-corrected chi connectivity index (χ0v) is 14.6. The van der Waals surface area contributed by atoms with Crippen LogP contribution in [0.2, 0.25) is 5.02 Å². The number of halogens is 1. The Morgan fingerprint density at radius 1 is 1.22 bits per heavy atom. The van der Waals surface area contributed by atoms with Crippen molar-refractivity contribution in [1.29, 1.82) is 0 Å². The summed E-state index contributed by atoms with van der Waals surface area (Å²) in [6, 6.07) is 7.41. The maximum absolute atomic E-state index is 11.5. The fourth-order valence-electron chi connectivity index (χ4n) is 2.54. The van der Waals surface area contributed by atoms with Crippen LogP contribution in [0.15, 0.2) is 24.3 Å². The molecule has 0 fully saturated rings. The Kier molecular flexibility index (Phi) is 3.90. The number of aromatic amines is 1. The van der Waals surface area contributed by atoms with Crippen LogP contribution in [0, 0.1) is 13.8 Å². The maximum atomic E-state index is 11.5. The van der Waals surface area contributed by atoms with Crippen molar-refractivity contribution in [2.45, 2.75) is 19.6 Å². The van der Waals surface area contributed by atoms with Crippen molar-refractivity contribution >= 4 is 32.3 Å². The highest BCUT2D eigenvalue weighted by atomic mass is 35.5. The molecule has 0 amide bonds. The second-order valence-electron chi connectivity index (χ2n) is 5.76. The van der Waals surface area contributed by atoms with Crippen molar-refractivity contribution in [2.24, 2.45) is 0 Å². The lowest BCUT2D eigenvalue weighted by atomic mass is 10.1. The number of nitrogens with zero attached hydrogens (tertiary/aromatic N) is 2. The standard InChI is InChI=1S/C16H16ClN3O2S/c1-9-6-14(16-15(17)10(2)19-20-16)18-13-5-4-11(7-12(9)13)8-23(3,21)22/h4-7H,8H2,1-3H3,(H,19,20). The fraction of sp³-hybridized carbons (Fsp3) is 0.250. The highest BCUT2D eigenvalue weighted by Crippen LogP contribution is 2.30. The Morgan fingerprint density at radius 3 is 2.57 bits per heavy atom. The quantitative estimate of drug-likeness (QED) is 0.785. The number of aromatic nitrogens is 3. The van der Waals surface area contributed by atoms with E-state index in [1.165, 1.54) is 6.26 Å². The van der Waals surface area contributed by atoms with E-state index in [0.717, 1.165) is 27.7 Å². The second-order valence-corrected chi connectivity index (χ2v) is 8.28. The van der Waals surface area contributed by atoms with Gasteiger partial charge in [-0.1, -0.05) is 17.7 Å². The molecule has 1 aromatic carbocycles. The van der Waals surface area contributed by atoms with Crippen LogP contribution in [-0.2, 0) is 15.6 Å². The minimum absolute atomic E-state index is 0.0223. The molecule has 23 heavy (non-hydrogen) atoms. The minimum Gasteiger partial charge on any atom is -0.281 e. The SMILES string of the molecule is Cc1[nH]nc(-c2cc(C)c3cc(CS(C)(=O)=O)ccc3n2)c1Cl. The van der Waals surface area contributed by atoms with Crippen LogP contribution in [0.1, 0.15) is 16.8 Å². The van der Waals surface area contributed by atoms with Gasteiger partial charge in [-0.2, -0.15) is 5.10 Å². The summed E-state index contributed by atoms with van der Waals surface area (Å²) in [4.78, 5) is 4.60. The van der Waals surface area contributed by atoms with E-state index in [1.54, 1.807) is 6.07 Å². The molecule has 7 heteroatoms. The van der Waals surface area contributed by atoms with Crippen LogP contribution in [0.4, 0.5) is 0 Å². The van der Waals surface area contributed by atoms with Crippen molar-refractivity contribution < 1.29 is 8.42 Å². The van der Waals surface area contributed by atoms with Crippen LogP contribution in [0.3, 0.4) is 0 Å². The molecular formula is C16H16ClN3O2S. The number of aryl methyl sites for hydroxylation is 2. The van der Waals surface area contributed by atoms with E-state index in [0.29, 0.717) is 16.4 Å². The van der Waals surface area contributed by atoms with Crippen LogP contribution < -0.4 is 0 Å². The molecule has 3 aromatic rings. The van der Waals surface area contributed by atoms with Gasteiger partial charge in [0.1, 0.15) is 5.69 Å². The Hall–Kier alpha value is -1.92. The van der Waals surface area contributed by atoms with Gasteiger partial charge in [0, 0.05) is 11.6 Å². The lowest BCUT2D eigenvalue weighted by Crippen LogP contribution is -2.01. The summed E-state index contributed by atoms with van der Waals surface area (Å²) in [5.74, 6) is 0.0223. The molecule has 0 spiro atoms. The Morgan fingerprint density at radius 2 is 1.96 bits per heavy atom. The van der Waals surface area contributed by atoms with Crippen molar-refractivity contribution in [3.05, 3.63) is 46.1 Å². The largest absolute Gasteiger partial charge is 0.281 e. The number of nitrogens with one attached hydrogen (secondary N) is 1. The molecule has 0 saturated heterocycles. The molecule has 1 N–H and O–H groups in total. The van der Waals surface area contributed by atoms with Gasteiger partial charge in [-0.25, -0.2) is 13.4 Å². The number of rotatable bonds is 3. The zero-order chi connectivity index (χ0) is 16.8. The molecule has 2 heterocycles. The number of pyridine rings is 1. The average molecular weight is 350 g/mol. The number of H-pyrrole nitrogens is 1. The summed E-state index contributed by atoms with van der Waals surface area (Å²) in [5.41, 5.74) is 4.65. The number of benzene rings is 1. The fourth-order valence-corrected chi connectivity index (χ4v) is 3.51. The van der Waals surface area contributed by atoms with Crippen molar-refractivity contribution in [2.75, 3.05) is 6.26 Å². The van der Waals surface area contributed by atoms with Gasteiger partial charge in [-0.3, -0.25) is 5.10 Å². The third kappa shape index (κ3) is 3.23. The highest BCUT2D eigenvalue weighted by Gasteiger charge is 2.14. The third-order valence-corrected chi connectivity index (χ3v) is 4.94. The third-order valence-electron chi connectivity index (χ3n) is 3.62. The molecule has 120 valence electrons. The van der Waals surface area contributed by atoms with E-state index in [4.69, 9.17) is 11.6 Å². The number of hydrogen-bond donors (Lipinski definition) is 1. The topological polar surface area (TPSA) is 75.7 Å². The Labute approximate surface area is 139 Å². The number of sulfone groups is 1. The van der Waals surface area contributed by atoms with E-state index in [2.05, 4.69) is 15.2 Å². The summed E-state index contributed by atoms with van der Waals surface area (Å²) in [7, 11) is -3.06. The molecule has 0 bridgehead atoms. The van der Waals surface area contributed by atoms with Crippen molar-refractivity contribution in [3.63, 3.8) is 0 Å². The van der Waals surface area contributed by atoms with Crippen LogP contribution in [-0.4, -0.2) is 29.9 Å². The van der Waals surface area contributed by atoms with Gasteiger partial charge in [-0.15, -0.1) is 0 Å². The predicted octanol–water partition coefficient (Wildman–Crippen LogP) is 3.44. The first-order valence-electron chi connectivity index (χ1n) is 7.03. The van der Waals surface area contributed by atoms with Crippen LogP contribution in [0.5, 0.6) is 0 Å². The first-order valence-corrected chi connectivity index (χ1v) is 9.47. The summed E-state index contributed by atoms with van der Waals surface area (Å²) in [5, 5.41) is 8.54. The number of fused-ring (bicyclic) bond motifs is 1. The van der Waals surface area contributed by atoms with E-state index in [-0.39, 0.29) is 5.75 Å². The van der Waals surface area contributed by atoms with E-state index in [1.807, 2.05) is 32.0 Å². The molecule has 0 aliphatic carbocycles. The predicted molar refractivity (Wildman–Crippen MR) is 92.4 cm³/mol. The lowest BCUT2D eigenvalue weighted by Gasteiger charge is -2.07. The van der Waals surface area contributed by atoms with Gasteiger partial charge in [0.25, 0.3) is 0 Å². The smallest absolute Gasteiger partial charge is 0.151 e. The Balaban J connectivity index is 2.13. The van der Waals surface area contributed by atoms with Gasteiger partial charge in [0.15, 0.2) is 9.84 Å². The van der Waals surface area contributed by atoms with Crippen LogP contribution >= 0.6 is 11.6 Å². The monoisotopic (exact) mass is 349 g/mol. The molecule has 2 aromatic heterocycles. The lowest BCUT2D eigenvalue weighted by molar-refractivity contribution is 0.601. The van der Waals surface area contributed by atoms with Crippen molar-refractivity contribution in [3.8, 4) is 11.4 Å². The minimum atomic E-state index is -3.06. The molecule has 0 unspecified atom stereocenters. The van der Waals surface area contributed by atoms with Gasteiger partial charge in [0.2, 0.25) is 0 Å². The van der Waals surface area contributed by atoms with Crippen molar-refractivity contribution in [1.82, 2.24) is 15.2 Å². The summed E-state index contributed by atoms with van der Waals surface area (Å²) in [6.07, 6.45) is 1.23. The second kappa shape index (κ2) is 5.62.